The van der Waals surface area contributed by atoms with Gasteiger partial charge in [0.2, 0.25) is 5.91 Å². The minimum Gasteiger partial charge on any atom is -0.497 e. The first kappa shape index (κ1) is 26.9. The van der Waals surface area contributed by atoms with Crippen LogP contribution in [0.4, 0.5) is 11.4 Å². The number of nitrogens with zero attached hydrogens (tertiary/aromatic N) is 3. The fourth-order valence-corrected chi connectivity index (χ4v) is 5.31. The van der Waals surface area contributed by atoms with Crippen LogP contribution in [-0.4, -0.2) is 72.7 Å². The van der Waals surface area contributed by atoms with Gasteiger partial charge in [-0.05, 0) is 107 Å². The van der Waals surface area contributed by atoms with Crippen LogP contribution in [0.3, 0.4) is 0 Å². The molecule has 2 saturated heterocycles. The Labute approximate surface area is 224 Å². The number of amides is 2. The summed E-state index contributed by atoms with van der Waals surface area (Å²) in [5.41, 5.74) is 1.33. The molecule has 8 nitrogen and oxygen atoms in total. The summed E-state index contributed by atoms with van der Waals surface area (Å²) in [4.78, 5) is 32.6. The summed E-state index contributed by atoms with van der Waals surface area (Å²) in [6.45, 7) is 6.31. The Morgan fingerprint density at radius 2 is 1.68 bits per heavy atom. The normalized spacial score (nSPS) is 18.3. The highest BCUT2D eigenvalue weighted by Gasteiger charge is 2.43. The van der Waals surface area contributed by atoms with Crippen LogP contribution in [0.2, 0.25) is 0 Å². The first-order valence-electron chi connectivity index (χ1n) is 13.0. The number of anilines is 2. The van der Waals surface area contributed by atoms with Crippen LogP contribution in [-0.2, 0) is 9.59 Å². The molecule has 0 unspecified atom stereocenters. The summed E-state index contributed by atoms with van der Waals surface area (Å²) >= 11 is 5.80. The lowest BCUT2D eigenvalue weighted by atomic mass is 10.1. The smallest absolute Gasteiger partial charge is 0.256 e. The first-order chi connectivity index (χ1) is 18.0. The number of likely N-dealkylation sites (tertiary alicyclic amines) is 1. The number of benzene rings is 2. The Balaban J connectivity index is 1.47. The molecule has 0 radical (unpaired) electrons. The van der Waals surface area contributed by atoms with Gasteiger partial charge in [-0.3, -0.25) is 14.5 Å². The third-order valence-electron chi connectivity index (χ3n) is 6.80. The highest BCUT2D eigenvalue weighted by molar-refractivity contribution is 7.80. The molecule has 1 atom stereocenters. The Kier molecular flexibility index (Phi) is 9.35. The highest BCUT2D eigenvalue weighted by atomic mass is 32.1. The molecule has 2 heterocycles. The average molecular weight is 525 g/mol. The maximum Gasteiger partial charge on any atom is 0.256 e. The third-order valence-corrected chi connectivity index (χ3v) is 7.22. The fraction of sp³-hybridized carbons (Fsp3) is 0.464. The Bertz CT molecular complexity index is 1070. The van der Waals surface area contributed by atoms with Crippen molar-refractivity contribution in [2.45, 2.75) is 45.1 Å². The summed E-state index contributed by atoms with van der Waals surface area (Å²) in [6, 6.07) is 13.8. The van der Waals surface area contributed by atoms with Crippen LogP contribution in [0.1, 0.15) is 39.0 Å². The van der Waals surface area contributed by atoms with E-state index in [4.69, 9.17) is 21.7 Å². The Hall–Kier alpha value is -3.17. The summed E-state index contributed by atoms with van der Waals surface area (Å²) in [5.74, 6) is 1.02. The van der Waals surface area contributed by atoms with Crippen LogP contribution in [0.15, 0.2) is 48.5 Å². The number of methoxy groups -OCH3 is 1. The first-order valence-corrected chi connectivity index (χ1v) is 13.4. The SMILES string of the molecule is CCOc1ccc(N2C(=O)[C@@H](CC(=O)Nc3ccc(OC)cc3)N(CCCN3CCCCC3)C2=S)cc1. The molecule has 0 spiro atoms. The molecule has 4 rings (SSSR count). The van der Waals surface area contributed by atoms with E-state index < -0.39 is 6.04 Å². The Morgan fingerprint density at radius 1 is 1.00 bits per heavy atom. The quantitative estimate of drug-likeness (QED) is 0.440. The Morgan fingerprint density at radius 3 is 2.32 bits per heavy atom. The molecule has 2 aromatic rings. The molecular formula is C28H36N4O4S. The molecule has 198 valence electrons. The van der Waals surface area contributed by atoms with Gasteiger partial charge < -0.3 is 24.6 Å². The van der Waals surface area contributed by atoms with Gasteiger partial charge in [-0.1, -0.05) is 6.42 Å². The monoisotopic (exact) mass is 524 g/mol. The van der Waals surface area contributed by atoms with Crippen molar-refractivity contribution in [3.05, 3.63) is 48.5 Å². The molecular weight excluding hydrogens is 488 g/mol. The van der Waals surface area contributed by atoms with E-state index in [1.54, 1.807) is 36.3 Å². The fourth-order valence-electron chi connectivity index (χ4n) is 4.89. The molecule has 2 aromatic carbocycles. The summed E-state index contributed by atoms with van der Waals surface area (Å²) < 4.78 is 10.7. The van der Waals surface area contributed by atoms with Gasteiger partial charge in [0, 0.05) is 12.2 Å². The van der Waals surface area contributed by atoms with Crippen molar-refractivity contribution in [1.82, 2.24) is 9.80 Å². The molecule has 2 fully saturated rings. The van der Waals surface area contributed by atoms with Crippen molar-refractivity contribution >= 4 is 40.5 Å². The molecule has 0 saturated carbocycles. The van der Waals surface area contributed by atoms with Gasteiger partial charge in [0.05, 0.1) is 25.8 Å². The van der Waals surface area contributed by atoms with Crippen molar-refractivity contribution < 1.29 is 19.1 Å². The molecule has 2 aliphatic rings. The van der Waals surface area contributed by atoms with Crippen molar-refractivity contribution in [3.63, 3.8) is 0 Å². The number of hydrogen-bond acceptors (Lipinski definition) is 6. The number of thiocarbonyl (C=S) groups is 1. The van der Waals surface area contributed by atoms with E-state index in [0.29, 0.717) is 35.4 Å². The lowest BCUT2D eigenvalue weighted by Crippen LogP contribution is -2.40. The molecule has 2 amide bonds. The standard InChI is InChI=1S/C28H36N4O4S/c1-3-36-24-14-10-22(11-15-24)32-27(34)25(20-26(33)29-21-8-12-23(35-2)13-9-21)31(28(32)37)19-7-18-30-16-5-4-6-17-30/h8-15,25H,3-7,16-20H2,1-2H3,(H,29,33)/t25-/m1/s1. The van der Waals surface area contributed by atoms with Crippen LogP contribution < -0.4 is 19.7 Å². The van der Waals surface area contributed by atoms with Gasteiger partial charge in [0.25, 0.3) is 5.91 Å². The third kappa shape index (κ3) is 6.78. The van der Waals surface area contributed by atoms with Crippen molar-refractivity contribution in [2.24, 2.45) is 0 Å². The molecule has 1 N–H and O–H groups in total. The molecule has 9 heteroatoms. The predicted octanol–water partition coefficient (Wildman–Crippen LogP) is 4.30. The van der Waals surface area contributed by atoms with Crippen LogP contribution in [0.5, 0.6) is 11.5 Å². The number of hydrogen-bond donors (Lipinski definition) is 1. The van der Waals surface area contributed by atoms with E-state index in [0.717, 1.165) is 31.8 Å². The van der Waals surface area contributed by atoms with Crippen molar-refractivity contribution in [1.29, 1.82) is 0 Å². The molecule has 37 heavy (non-hydrogen) atoms. The van der Waals surface area contributed by atoms with Crippen LogP contribution in [0, 0.1) is 0 Å². The molecule has 0 aromatic heterocycles. The van der Waals surface area contributed by atoms with E-state index in [1.807, 2.05) is 36.1 Å². The molecule has 2 aliphatic heterocycles. The van der Waals surface area contributed by atoms with Crippen molar-refractivity contribution in [3.8, 4) is 11.5 Å². The largest absolute Gasteiger partial charge is 0.497 e. The topological polar surface area (TPSA) is 74.3 Å². The van der Waals surface area contributed by atoms with Gasteiger partial charge in [0.1, 0.15) is 17.5 Å². The highest BCUT2D eigenvalue weighted by Crippen LogP contribution is 2.29. The minimum absolute atomic E-state index is 0.0161. The number of carbonyl (C=O) groups is 2. The summed E-state index contributed by atoms with van der Waals surface area (Å²) in [6.07, 6.45) is 4.66. The van der Waals surface area contributed by atoms with Gasteiger partial charge in [-0.15, -0.1) is 0 Å². The van der Waals surface area contributed by atoms with E-state index in [2.05, 4.69) is 10.2 Å². The lowest BCUT2D eigenvalue weighted by Gasteiger charge is -2.28. The second-order valence-electron chi connectivity index (χ2n) is 9.33. The van der Waals surface area contributed by atoms with Crippen molar-refractivity contribution in [2.75, 3.05) is 50.1 Å². The van der Waals surface area contributed by atoms with Crippen LogP contribution >= 0.6 is 12.2 Å². The average Bonchev–Trinajstić information content (AvgIpc) is 3.14. The van der Waals surface area contributed by atoms with E-state index in [-0.39, 0.29) is 18.2 Å². The van der Waals surface area contributed by atoms with Gasteiger partial charge in [0.15, 0.2) is 5.11 Å². The van der Waals surface area contributed by atoms with E-state index in [1.165, 1.54) is 19.3 Å². The second-order valence-corrected chi connectivity index (χ2v) is 9.69. The summed E-state index contributed by atoms with van der Waals surface area (Å²) in [5, 5.41) is 3.34. The maximum absolute atomic E-state index is 13.6. The van der Waals surface area contributed by atoms with Gasteiger partial charge >= 0.3 is 0 Å². The van der Waals surface area contributed by atoms with Gasteiger partial charge in [-0.25, -0.2) is 0 Å². The number of nitrogens with one attached hydrogen (secondary N) is 1. The van der Waals surface area contributed by atoms with Gasteiger partial charge in [-0.2, -0.15) is 0 Å². The summed E-state index contributed by atoms with van der Waals surface area (Å²) in [7, 11) is 1.60. The van der Waals surface area contributed by atoms with Crippen LogP contribution in [0.25, 0.3) is 0 Å². The molecule has 0 bridgehead atoms. The second kappa shape index (κ2) is 12.9. The number of ether oxygens (including phenoxy) is 2. The zero-order chi connectivity index (χ0) is 26.2. The number of rotatable bonds is 11. The minimum atomic E-state index is -0.654. The predicted molar refractivity (Wildman–Crippen MR) is 149 cm³/mol. The maximum atomic E-state index is 13.6. The zero-order valence-corrected chi connectivity index (χ0v) is 22.5. The molecule has 0 aliphatic carbocycles. The van der Waals surface area contributed by atoms with E-state index in [9.17, 15) is 9.59 Å². The number of carbonyl (C=O) groups excluding carboxylic acids is 2. The van der Waals surface area contributed by atoms with E-state index >= 15 is 0 Å². The number of piperidine rings is 1. The zero-order valence-electron chi connectivity index (χ0n) is 21.7. The lowest BCUT2D eigenvalue weighted by molar-refractivity contribution is -0.124.